The molecule has 32 heavy (non-hydrogen) atoms. The van der Waals surface area contributed by atoms with Gasteiger partial charge in [-0.3, -0.25) is 9.89 Å². The summed E-state index contributed by atoms with van der Waals surface area (Å²) in [5.41, 5.74) is 3.05. The standard InChI is InChI=1S/C24H25FN4O2S/c1-17-24(30)22(16-32-21(14-26-2)13-18-3-5-19(25)6-4-18)27-23-8-7-20(15-29(17)23)28-9-11-31-12-10-28/h3-8,14-15,30H,1-2,9-13,16H2/b21-14-. The molecule has 1 aromatic rings. The summed E-state index contributed by atoms with van der Waals surface area (Å²) < 4.78 is 18.6. The van der Waals surface area contributed by atoms with Crippen LogP contribution < -0.4 is 0 Å². The van der Waals surface area contributed by atoms with E-state index in [1.54, 1.807) is 18.3 Å². The van der Waals surface area contributed by atoms with Gasteiger partial charge in [-0.15, -0.1) is 11.8 Å². The Labute approximate surface area is 191 Å². The number of thioether (sulfide) groups is 1. The van der Waals surface area contributed by atoms with Crippen LogP contribution in [0.3, 0.4) is 0 Å². The van der Waals surface area contributed by atoms with Crippen LogP contribution in [-0.4, -0.2) is 59.5 Å². The van der Waals surface area contributed by atoms with E-state index in [4.69, 9.17) is 4.74 Å². The first-order valence-corrected chi connectivity index (χ1v) is 11.3. The zero-order valence-electron chi connectivity index (χ0n) is 17.7. The first-order valence-electron chi connectivity index (χ1n) is 10.3. The summed E-state index contributed by atoms with van der Waals surface area (Å²) in [4.78, 5) is 13.5. The number of rotatable bonds is 7. The second-order valence-corrected chi connectivity index (χ2v) is 8.54. The fraction of sp³-hybridized carbons (Fsp3) is 0.250. The summed E-state index contributed by atoms with van der Waals surface area (Å²) in [5.74, 6) is 0.961. The highest BCUT2D eigenvalue weighted by Crippen LogP contribution is 2.31. The summed E-state index contributed by atoms with van der Waals surface area (Å²) in [5, 5.41) is 10.8. The van der Waals surface area contributed by atoms with Crippen LogP contribution in [0.15, 0.2) is 93.1 Å². The van der Waals surface area contributed by atoms with E-state index >= 15 is 0 Å². The second kappa shape index (κ2) is 10.0. The van der Waals surface area contributed by atoms with Crippen LogP contribution in [0.25, 0.3) is 0 Å². The van der Waals surface area contributed by atoms with Crippen molar-refractivity contribution in [3.05, 3.63) is 94.5 Å². The van der Waals surface area contributed by atoms with E-state index < -0.39 is 0 Å². The van der Waals surface area contributed by atoms with Crippen LogP contribution in [0, 0.1) is 5.82 Å². The van der Waals surface area contributed by atoms with E-state index in [0.29, 0.717) is 42.6 Å². The minimum atomic E-state index is -0.267. The SMILES string of the molecule is C=N/C=C(/Cc1ccc(F)cc1)SCC1=C(O)C(=C)N2C=C(N3CCOCC3)C=CC2=N1. The van der Waals surface area contributed by atoms with E-state index in [-0.39, 0.29) is 11.6 Å². The minimum absolute atomic E-state index is 0.0711. The van der Waals surface area contributed by atoms with Gasteiger partial charge in [-0.05, 0) is 36.6 Å². The smallest absolute Gasteiger partial charge is 0.161 e. The third-order valence-corrected chi connectivity index (χ3v) is 6.33. The van der Waals surface area contributed by atoms with Crippen LogP contribution in [0.4, 0.5) is 4.39 Å². The lowest BCUT2D eigenvalue weighted by Crippen LogP contribution is -2.38. The second-order valence-electron chi connectivity index (χ2n) is 7.44. The Morgan fingerprint density at radius 3 is 2.72 bits per heavy atom. The lowest BCUT2D eigenvalue weighted by atomic mass is 10.1. The number of hydrogen-bond donors (Lipinski definition) is 1. The maximum atomic E-state index is 13.2. The molecule has 1 aromatic carbocycles. The van der Waals surface area contributed by atoms with Crippen LogP contribution in [0.2, 0.25) is 0 Å². The number of morpholine rings is 1. The molecule has 3 heterocycles. The summed E-state index contributed by atoms with van der Waals surface area (Å²) in [7, 11) is 0. The van der Waals surface area contributed by atoms with Gasteiger partial charge in [0.25, 0.3) is 0 Å². The van der Waals surface area contributed by atoms with E-state index in [9.17, 15) is 9.50 Å². The molecule has 166 valence electrons. The maximum Gasteiger partial charge on any atom is 0.161 e. The molecule has 0 aromatic heterocycles. The molecule has 4 rings (SSSR count). The Balaban J connectivity index is 1.45. The van der Waals surface area contributed by atoms with Gasteiger partial charge < -0.3 is 14.7 Å². The van der Waals surface area contributed by atoms with Crippen molar-refractivity contribution in [2.75, 3.05) is 32.1 Å². The van der Waals surface area contributed by atoms with Crippen LogP contribution >= 0.6 is 11.8 Å². The van der Waals surface area contributed by atoms with Crippen LogP contribution in [-0.2, 0) is 11.2 Å². The van der Waals surface area contributed by atoms with Gasteiger partial charge in [0.05, 0.1) is 30.3 Å². The Kier molecular flexibility index (Phi) is 6.92. The molecule has 0 aliphatic carbocycles. The van der Waals surface area contributed by atoms with Crippen molar-refractivity contribution in [2.45, 2.75) is 6.42 Å². The molecule has 6 nitrogen and oxygen atoms in total. The van der Waals surface area contributed by atoms with Gasteiger partial charge in [-0.25, -0.2) is 9.38 Å². The fourth-order valence-electron chi connectivity index (χ4n) is 3.57. The molecule has 3 aliphatic rings. The topological polar surface area (TPSA) is 60.7 Å². The highest BCUT2D eigenvalue weighted by atomic mass is 32.2. The Morgan fingerprint density at radius 1 is 1.25 bits per heavy atom. The number of fused-ring (bicyclic) bond motifs is 1. The van der Waals surface area contributed by atoms with Gasteiger partial charge in [-0.2, -0.15) is 0 Å². The predicted octanol–water partition coefficient (Wildman–Crippen LogP) is 4.38. The molecule has 8 heteroatoms. The highest BCUT2D eigenvalue weighted by molar-refractivity contribution is 8.03. The molecule has 0 unspecified atom stereocenters. The van der Waals surface area contributed by atoms with Crippen molar-refractivity contribution in [1.82, 2.24) is 9.80 Å². The summed E-state index contributed by atoms with van der Waals surface area (Å²) in [6.07, 6.45) is 8.19. The number of halogens is 1. The number of ether oxygens (including phenoxy) is 1. The number of aliphatic hydroxyl groups excluding tert-OH is 1. The van der Waals surface area contributed by atoms with E-state index in [2.05, 4.69) is 28.2 Å². The van der Waals surface area contributed by atoms with Crippen molar-refractivity contribution < 1.29 is 14.2 Å². The number of benzene rings is 1. The minimum Gasteiger partial charge on any atom is -0.504 e. The van der Waals surface area contributed by atoms with Crippen LogP contribution in [0.5, 0.6) is 0 Å². The largest absolute Gasteiger partial charge is 0.504 e. The maximum absolute atomic E-state index is 13.2. The molecule has 0 bridgehead atoms. The molecule has 0 spiro atoms. The molecule has 0 radical (unpaired) electrons. The molecule has 1 saturated heterocycles. The van der Waals surface area contributed by atoms with E-state index in [0.717, 1.165) is 29.3 Å². The monoisotopic (exact) mass is 452 g/mol. The van der Waals surface area contributed by atoms with Crippen molar-refractivity contribution in [1.29, 1.82) is 0 Å². The van der Waals surface area contributed by atoms with Gasteiger partial charge in [0, 0.05) is 42.6 Å². The molecule has 1 fully saturated rings. The highest BCUT2D eigenvalue weighted by Gasteiger charge is 2.27. The van der Waals surface area contributed by atoms with Crippen molar-refractivity contribution in [3.8, 4) is 0 Å². The molecular weight excluding hydrogens is 427 g/mol. The summed E-state index contributed by atoms with van der Waals surface area (Å²) in [6.45, 7) is 10.7. The van der Waals surface area contributed by atoms with Gasteiger partial charge in [0.15, 0.2) is 5.76 Å². The number of aliphatic imine (C=N–C) groups is 2. The quantitative estimate of drug-likeness (QED) is 0.622. The molecule has 1 N–H and O–H groups in total. The fourth-order valence-corrected chi connectivity index (χ4v) is 4.51. The Bertz CT molecular complexity index is 1050. The summed E-state index contributed by atoms with van der Waals surface area (Å²) in [6, 6.07) is 6.37. The average molecular weight is 453 g/mol. The third kappa shape index (κ3) is 5.03. The number of aliphatic hydroxyl groups is 1. The lowest BCUT2D eigenvalue weighted by Gasteiger charge is -2.35. The van der Waals surface area contributed by atoms with Gasteiger partial charge in [0.2, 0.25) is 0 Å². The molecule has 0 amide bonds. The third-order valence-electron chi connectivity index (χ3n) is 5.30. The van der Waals surface area contributed by atoms with E-state index in [1.807, 2.05) is 23.3 Å². The number of nitrogens with zero attached hydrogens (tertiary/aromatic N) is 4. The van der Waals surface area contributed by atoms with Crippen molar-refractivity contribution >= 4 is 24.3 Å². The Morgan fingerprint density at radius 2 is 2.00 bits per heavy atom. The van der Waals surface area contributed by atoms with Gasteiger partial charge in [0.1, 0.15) is 11.7 Å². The number of hydrogen-bond acceptors (Lipinski definition) is 7. The first-order chi connectivity index (χ1) is 15.5. The molecule has 0 atom stereocenters. The van der Waals surface area contributed by atoms with Crippen LogP contribution in [0.1, 0.15) is 5.56 Å². The van der Waals surface area contributed by atoms with Crippen molar-refractivity contribution in [3.63, 3.8) is 0 Å². The number of amidine groups is 1. The molecule has 0 saturated carbocycles. The van der Waals surface area contributed by atoms with Gasteiger partial charge >= 0.3 is 0 Å². The number of allylic oxidation sites excluding steroid dienone is 2. The van der Waals surface area contributed by atoms with Gasteiger partial charge in [-0.1, -0.05) is 18.7 Å². The molecular formula is C24H25FN4O2S. The Hall–Kier alpha value is -3.10. The summed E-state index contributed by atoms with van der Waals surface area (Å²) >= 11 is 1.51. The van der Waals surface area contributed by atoms with E-state index in [1.165, 1.54) is 23.9 Å². The zero-order chi connectivity index (χ0) is 22.5. The molecule has 3 aliphatic heterocycles. The predicted molar refractivity (Wildman–Crippen MR) is 128 cm³/mol. The zero-order valence-corrected chi connectivity index (χ0v) is 18.5. The first kappa shape index (κ1) is 22.1. The lowest BCUT2D eigenvalue weighted by molar-refractivity contribution is 0.0548. The average Bonchev–Trinajstić information content (AvgIpc) is 2.82. The normalized spacial score (nSPS) is 19.0. The van der Waals surface area contributed by atoms with Crippen molar-refractivity contribution in [2.24, 2.45) is 9.98 Å².